The first-order valence-electron chi connectivity index (χ1n) is 11.2. The Bertz CT molecular complexity index is 1320. The summed E-state index contributed by atoms with van der Waals surface area (Å²) in [6, 6.07) is 8.83. The molecule has 186 valence electrons. The van der Waals surface area contributed by atoms with Crippen LogP contribution >= 0.6 is 31.9 Å². The molecule has 0 unspecified atom stereocenters. The third kappa shape index (κ3) is 6.29. The Morgan fingerprint density at radius 2 is 1.86 bits per heavy atom. The van der Waals surface area contributed by atoms with Crippen LogP contribution in [-0.4, -0.2) is 41.2 Å². The van der Waals surface area contributed by atoms with Crippen LogP contribution in [0.25, 0.3) is 10.9 Å². The lowest BCUT2D eigenvalue weighted by Crippen LogP contribution is -2.26. The maximum absolute atomic E-state index is 13.3. The normalized spacial score (nSPS) is 12.3. The van der Waals surface area contributed by atoms with Crippen molar-refractivity contribution in [3.8, 4) is 11.5 Å². The molecule has 0 fully saturated rings. The van der Waals surface area contributed by atoms with Crippen molar-refractivity contribution in [3.63, 3.8) is 0 Å². The number of ether oxygens (including phenoxy) is 3. The van der Waals surface area contributed by atoms with Crippen molar-refractivity contribution in [1.29, 1.82) is 0 Å². The fraction of sp³-hybridized carbons (Fsp3) is 0.360. The SMILES string of the molecule is CCOC(=O)[C@H](C)Oc1cc(Br)c(C=Nn2c(C(C)C)nc3ccc(Br)cc3c2=O)cc1OCC. The third-order valence-corrected chi connectivity index (χ3v) is 6.13. The molecule has 0 N–H and O–H groups in total. The predicted octanol–water partition coefficient (Wildman–Crippen LogP) is 5.66. The number of fused-ring (bicyclic) bond motifs is 1. The number of carbonyl (C=O) groups excluding carboxylic acids is 1. The quantitative estimate of drug-likeness (QED) is 0.230. The minimum absolute atomic E-state index is 0.0320. The highest BCUT2D eigenvalue weighted by atomic mass is 79.9. The summed E-state index contributed by atoms with van der Waals surface area (Å²) in [5.74, 6) is 0.868. The maximum Gasteiger partial charge on any atom is 0.347 e. The van der Waals surface area contributed by atoms with E-state index < -0.39 is 12.1 Å². The van der Waals surface area contributed by atoms with E-state index in [0.717, 1.165) is 4.47 Å². The first-order chi connectivity index (χ1) is 16.7. The number of carbonyl (C=O) groups is 1. The lowest BCUT2D eigenvalue weighted by atomic mass is 10.2. The fourth-order valence-corrected chi connectivity index (χ4v) is 4.07. The second kappa shape index (κ2) is 11.8. The van der Waals surface area contributed by atoms with Crippen LogP contribution in [0.2, 0.25) is 0 Å². The number of aromatic nitrogens is 2. The van der Waals surface area contributed by atoms with E-state index in [1.54, 1.807) is 38.3 Å². The van der Waals surface area contributed by atoms with Crippen molar-refractivity contribution < 1.29 is 19.0 Å². The Morgan fingerprint density at radius 1 is 1.11 bits per heavy atom. The molecular formula is C25H27Br2N3O5. The Labute approximate surface area is 220 Å². The summed E-state index contributed by atoms with van der Waals surface area (Å²) in [5, 5.41) is 4.95. The molecule has 0 aliphatic rings. The second-order valence-corrected chi connectivity index (χ2v) is 9.68. The molecule has 1 aromatic heterocycles. The summed E-state index contributed by atoms with van der Waals surface area (Å²) in [4.78, 5) is 29.9. The lowest BCUT2D eigenvalue weighted by molar-refractivity contribution is -0.150. The number of nitrogens with zero attached hydrogens (tertiary/aromatic N) is 3. The van der Waals surface area contributed by atoms with Gasteiger partial charge in [0.05, 0.1) is 30.3 Å². The summed E-state index contributed by atoms with van der Waals surface area (Å²) in [6.07, 6.45) is 0.750. The highest BCUT2D eigenvalue weighted by Crippen LogP contribution is 2.34. The van der Waals surface area contributed by atoms with E-state index in [1.165, 1.54) is 4.68 Å². The maximum atomic E-state index is 13.3. The molecule has 0 aliphatic heterocycles. The van der Waals surface area contributed by atoms with Crippen molar-refractivity contribution >= 4 is 54.9 Å². The van der Waals surface area contributed by atoms with Gasteiger partial charge >= 0.3 is 5.97 Å². The van der Waals surface area contributed by atoms with Crippen molar-refractivity contribution in [1.82, 2.24) is 9.66 Å². The number of hydrogen-bond donors (Lipinski definition) is 0. The molecule has 0 amide bonds. The molecule has 3 aromatic rings. The topological polar surface area (TPSA) is 92.0 Å². The number of rotatable bonds is 9. The van der Waals surface area contributed by atoms with Gasteiger partial charge in [-0.3, -0.25) is 4.79 Å². The fourth-order valence-electron chi connectivity index (χ4n) is 3.28. The molecule has 0 bridgehead atoms. The van der Waals surface area contributed by atoms with Gasteiger partial charge in [-0.15, -0.1) is 0 Å². The first-order valence-corrected chi connectivity index (χ1v) is 12.8. The smallest absolute Gasteiger partial charge is 0.347 e. The predicted molar refractivity (Wildman–Crippen MR) is 143 cm³/mol. The average Bonchev–Trinajstić information content (AvgIpc) is 2.81. The standard InChI is InChI=1S/C25H27Br2N3O5/c1-6-33-21-10-16(19(27)12-22(21)35-15(5)25(32)34-7-2)13-28-30-23(14(3)4)29-20-9-8-17(26)11-18(20)24(30)31/h8-15H,6-7H2,1-5H3/t15-/m0/s1. The van der Waals surface area contributed by atoms with Gasteiger partial charge in [-0.2, -0.15) is 9.78 Å². The molecule has 0 spiro atoms. The number of hydrogen-bond acceptors (Lipinski definition) is 7. The van der Waals surface area contributed by atoms with Gasteiger partial charge in [-0.1, -0.05) is 29.8 Å². The van der Waals surface area contributed by atoms with E-state index in [-0.39, 0.29) is 18.1 Å². The highest BCUT2D eigenvalue weighted by Gasteiger charge is 2.20. The van der Waals surface area contributed by atoms with Gasteiger partial charge < -0.3 is 14.2 Å². The van der Waals surface area contributed by atoms with E-state index in [0.29, 0.717) is 44.9 Å². The molecule has 35 heavy (non-hydrogen) atoms. The molecule has 1 heterocycles. The Kier molecular flexibility index (Phi) is 9.07. The van der Waals surface area contributed by atoms with Crippen LogP contribution in [0.3, 0.4) is 0 Å². The van der Waals surface area contributed by atoms with Crippen LogP contribution in [0.5, 0.6) is 11.5 Å². The summed E-state index contributed by atoms with van der Waals surface area (Å²) in [6.45, 7) is 9.77. The van der Waals surface area contributed by atoms with Crippen LogP contribution in [0, 0.1) is 0 Å². The van der Waals surface area contributed by atoms with Gasteiger partial charge in [-0.05, 0) is 67.0 Å². The molecule has 1 atom stereocenters. The van der Waals surface area contributed by atoms with Crippen LogP contribution in [0.1, 0.15) is 51.9 Å². The van der Waals surface area contributed by atoms with Crippen molar-refractivity contribution in [2.45, 2.75) is 46.6 Å². The molecule has 2 aromatic carbocycles. The molecule has 3 rings (SSSR count). The van der Waals surface area contributed by atoms with Crippen molar-refractivity contribution in [2.24, 2.45) is 5.10 Å². The molecule has 0 aliphatic carbocycles. The van der Waals surface area contributed by atoms with Gasteiger partial charge in [0, 0.05) is 20.4 Å². The van der Waals surface area contributed by atoms with Crippen LogP contribution in [0.4, 0.5) is 0 Å². The minimum atomic E-state index is -0.809. The number of benzene rings is 2. The zero-order chi connectivity index (χ0) is 25.7. The van der Waals surface area contributed by atoms with Gasteiger partial charge in [0.1, 0.15) is 5.82 Å². The number of halogens is 2. The van der Waals surface area contributed by atoms with E-state index >= 15 is 0 Å². The van der Waals surface area contributed by atoms with Crippen molar-refractivity contribution in [3.05, 3.63) is 61.0 Å². The summed E-state index contributed by atoms with van der Waals surface area (Å²) >= 11 is 6.94. The Hall–Kier alpha value is -2.72. The molecular weight excluding hydrogens is 582 g/mol. The Balaban J connectivity index is 2.04. The minimum Gasteiger partial charge on any atom is -0.490 e. The molecule has 10 heteroatoms. The van der Waals surface area contributed by atoms with Gasteiger partial charge in [0.2, 0.25) is 0 Å². The average molecular weight is 609 g/mol. The van der Waals surface area contributed by atoms with Gasteiger partial charge in [0.15, 0.2) is 17.6 Å². The van der Waals surface area contributed by atoms with Crippen LogP contribution in [0.15, 0.2) is 49.2 Å². The molecule has 0 saturated carbocycles. The number of esters is 1. The summed E-state index contributed by atoms with van der Waals surface area (Å²) in [5.41, 5.74) is 1.01. The summed E-state index contributed by atoms with van der Waals surface area (Å²) in [7, 11) is 0. The second-order valence-electron chi connectivity index (χ2n) is 7.91. The Morgan fingerprint density at radius 3 is 2.51 bits per heavy atom. The zero-order valence-electron chi connectivity index (χ0n) is 20.2. The molecule has 0 saturated heterocycles. The molecule has 8 nitrogen and oxygen atoms in total. The largest absolute Gasteiger partial charge is 0.490 e. The van der Waals surface area contributed by atoms with E-state index in [4.69, 9.17) is 14.2 Å². The van der Waals surface area contributed by atoms with Gasteiger partial charge in [-0.25, -0.2) is 9.78 Å². The monoisotopic (exact) mass is 607 g/mol. The van der Waals surface area contributed by atoms with E-state index in [1.807, 2.05) is 32.9 Å². The first kappa shape index (κ1) is 26.9. The summed E-state index contributed by atoms with van der Waals surface area (Å²) < 4.78 is 19.3. The van der Waals surface area contributed by atoms with Gasteiger partial charge in [0.25, 0.3) is 5.56 Å². The lowest BCUT2D eigenvalue weighted by Gasteiger charge is -2.17. The van der Waals surface area contributed by atoms with Crippen LogP contribution < -0.4 is 15.0 Å². The van der Waals surface area contributed by atoms with Crippen molar-refractivity contribution in [2.75, 3.05) is 13.2 Å². The van der Waals surface area contributed by atoms with E-state index in [9.17, 15) is 9.59 Å². The zero-order valence-corrected chi connectivity index (χ0v) is 23.3. The third-order valence-electron chi connectivity index (χ3n) is 4.95. The van der Waals surface area contributed by atoms with E-state index in [2.05, 4.69) is 41.9 Å². The highest BCUT2D eigenvalue weighted by molar-refractivity contribution is 9.10. The molecule has 0 radical (unpaired) electrons. The van der Waals surface area contributed by atoms with Crippen LogP contribution in [-0.2, 0) is 9.53 Å².